The zero-order valence-corrected chi connectivity index (χ0v) is 12.3. The Bertz CT molecular complexity index is 553. The average Bonchev–Trinajstić information content (AvgIpc) is 3.22. The summed E-state index contributed by atoms with van der Waals surface area (Å²) in [5.74, 6) is 0.293. The standard InChI is InChI=1S/C14H20N2O3S/c1-11(12-7-8-12)14(17)15-9-10-20(18,19)16-13-5-3-2-4-6-13/h2-6,11-12,16H,7-10H2,1H3,(H,15,17). The molecule has 0 aromatic heterocycles. The van der Waals surface area contributed by atoms with Crippen LogP contribution in [0.5, 0.6) is 0 Å². The molecule has 0 saturated heterocycles. The maximum Gasteiger partial charge on any atom is 0.234 e. The first-order valence-electron chi connectivity index (χ1n) is 6.81. The molecule has 1 fully saturated rings. The topological polar surface area (TPSA) is 75.3 Å². The van der Waals surface area contributed by atoms with Gasteiger partial charge in [-0.15, -0.1) is 0 Å². The molecule has 0 aliphatic heterocycles. The first kappa shape index (κ1) is 14.8. The third kappa shape index (κ3) is 4.52. The Labute approximate surface area is 119 Å². The summed E-state index contributed by atoms with van der Waals surface area (Å²) in [6.07, 6.45) is 2.20. The number of amides is 1. The lowest BCUT2D eigenvalue weighted by Gasteiger charge is -2.12. The molecule has 110 valence electrons. The number of hydrogen-bond donors (Lipinski definition) is 2. The molecule has 1 aromatic rings. The number of nitrogens with one attached hydrogen (secondary N) is 2. The van der Waals surface area contributed by atoms with Gasteiger partial charge in [-0.05, 0) is 30.9 Å². The van der Waals surface area contributed by atoms with Crippen LogP contribution in [-0.4, -0.2) is 26.6 Å². The lowest BCUT2D eigenvalue weighted by atomic mass is 10.1. The van der Waals surface area contributed by atoms with E-state index in [-0.39, 0.29) is 24.1 Å². The molecule has 2 rings (SSSR count). The van der Waals surface area contributed by atoms with Gasteiger partial charge in [0.2, 0.25) is 15.9 Å². The zero-order valence-electron chi connectivity index (χ0n) is 11.5. The Kier molecular flexibility index (Phi) is 4.65. The van der Waals surface area contributed by atoms with E-state index in [4.69, 9.17) is 0 Å². The zero-order chi connectivity index (χ0) is 14.6. The van der Waals surface area contributed by atoms with Gasteiger partial charge in [0, 0.05) is 18.2 Å². The third-order valence-corrected chi connectivity index (χ3v) is 4.75. The van der Waals surface area contributed by atoms with Crippen LogP contribution in [0.3, 0.4) is 0 Å². The molecule has 1 saturated carbocycles. The average molecular weight is 296 g/mol. The van der Waals surface area contributed by atoms with Crippen LogP contribution in [-0.2, 0) is 14.8 Å². The number of sulfonamides is 1. The van der Waals surface area contributed by atoms with Crippen molar-refractivity contribution in [3.05, 3.63) is 30.3 Å². The number of carbonyl (C=O) groups excluding carboxylic acids is 1. The highest BCUT2D eigenvalue weighted by molar-refractivity contribution is 7.92. The van der Waals surface area contributed by atoms with Crippen molar-refractivity contribution in [2.75, 3.05) is 17.0 Å². The molecule has 1 aliphatic rings. The fraction of sp³-hybridized carbons (Fsp3) is 0.500. The van der Waals surface area contributed by atoms with Crippen LogP contribution in [0.2, 0.25) is 0 Å². The molecule has 1 amide bonds. The van der Waals surface area contributed by atoms with Gasteiger partial charge in [0.25, 0.3) is 0 Å². The van der Waals surface area contributed by atoms with Crippen molar-refractivity contribution in [3.63, 3.8) is 0 Å². The molecule has 0 radical (unpaired) electrons. The predicted molar refractivity (Wildman–Crippen MR) is 78.7 cm³/mol. The van der Waals surface area contributed by atoms with Crippen molar-refractivity contribution >= 4 is 21.6 Å². The van der Waals surface area contributed by atoms with Gasteiger partial charge in [-0.3, -0.25) is 9.52 Å². The molecule has 0 spiro atoms. The van der Waals surface area contributed by atoms with E-state index in [0.29, 0.717) is 11.6 Å². The van der Waals surface area contributed by atoms with Crippen LogP contribution in [0.1, 0.15) is 19.8 Å². The molecule has 20 heavy (non-hydrogen) atoms. The summed E-state index contributed by atoms with van der Waals surface area (Å²) < 4.78 is 26.1. The summed E-state index contributed by atoms with van der Waals surface area (Å²) >= 11 is 0. The van der Waals surface area contributed by atoms with E-state index in [2.05, 4.69) is 10.0 Å². The highest BCUT2D eigenvalue weighted by Gasteiger charge is 2.32. The quantitative estimate of drug-likeness (QED) is 0.802. The Balaban J connectivity index is 1.76. The van der Waals surface area contributed by atoms with Gasteiger partial charge in [-0.2, -0.15) is 0 Å². The van der Waals surface area contributed by atoms with Gasteiger partial charge in [0.15, 0.2) is 0 Å². The van der Waals surface area contributed by atoms with Crippen LogP contribution >= 0.6 is 0 Å². The molecule has 0 heterocycles. The summed E-state index contributed by atoms with van der Waals surface area (Å²) in [5.41, 5.74) is 0.533. The summed E-state index contributed by atoms with van der Waals surface area (Å²) in [6, 6.07) is 8.71. The molecular weight excluding hydrogens is 276 g/mol. The van der Waals surface area contributed by atoms with Gasteiger partial charge < -0.3 is 5.32 Å². The van der Waals surface area contributed by atoms with Gasteiger partial charge in [-0.1, -0.05) is 25.1 Å². The van der Waals surface area contributed by atoms with Gasteiger partial charge >= 0.3 is 0 Å². The number of carbonyl (C=O) groups is 1. The number of anilines is 1. The van der Waals surface area contributed by atoms with Crippen molar-refractivity contribution in [3.8, 4) is 0 Å². The first-order valence-corrected chi connectivity index (χ1v) is 8.46. The fourth-order valence-corrected chi connectivity index (χ4v) is 2.98. The monoisotopic (exact) mass is 296 g/mol. The van der Waals surface area contributed by atoms with Crippen LogP contribution in [0.25, 0.3) is 0 Å². The largest absolute Gasteiger partial charge is 0.355 e. The van der Waals surface area contributed by atoms with Gasteiger partial charge in [0.05, 0.1) is 5.75 Å². The van der Waals surface area contributed by atoms with Crippen LogP contribution < -0.4 is 10.0 Å². The molecule has 1 aliphatic carbocycles. The van der Waals surface area contributed by atoms with Crippen molar-refractivity contribution in [2.24, 2.45) is 11.8 Å². The van der Waals surface area contributed by atoms with E-state index >= 15 is 0 Å². The van der Waals surface area contributed by atoms with Crippen molar-refractivity contribution in [2.45, 2.75) is 19.8 Å². The first-order chi connectivity index (χ1) is 9.48. The smallest absolute Gasteiger partial charge is 0.234 e. The Morgan fingerprint density at radius 3 is 2.55 bits per heavy atom. The Hall–Kier alpha value is -1.56. The molecule has 6 heteroatoms. The molecule has 1 aromatic carbocycles. The second-order valence-corrected chi connectivity index (χ2v) is 7.05. The number of hydrogen-bond acceptors (Lipinski definition) is 3. The normalized spacial score (nSPS) is 16.4. The highest BCUT2D eigenvalue weighted by Crippen LogP contribution is 2.36. The summed E-state index contributed by atoms with van der Waals surface area (Å²) in [4.78, 5) is 11.7. The van der Waals surface area contributed by atoms with E-state index in [1.807, 2.05) is 13.0 Å². The van der Waals surface area contributed by atoms with E-state index in [9.17, 15) is 13.2 Å². The lowest BCUT2D eigenvalue weighted by molar-refractivity contribution is -0.124. The van der Waals surface area contributed by atoms with Gasteiger partial charge in [-0.25, -0.2) is 8.42 Å². The molecule has 5 nitrogen and oxygen atoms in total. The molecule has 1 unspecified atom stereocenters. The molecule has 0 bridgehead atoms. The molecule has 1 atom stereocenters. The van der Waals surface area contributed by atoms with Crippen LogP contribution in [0.4, 0.5) is 5.69 Å². The molecule has 2 N–H and O–H groups in total. The van der Waals surface area contributed by atoms with Crippen molar-refractivity contribution in [1.82, 2.24) is 5.32 Å². The summed E-state index contributed by atoms with van der Waals surface area (Å²) in [7, 11) is -3.43. The van der Waals surface area contributed by atoms with E-state index in [0.717, 1.165) is 12.8 Å². The number of benzene rings is 1. The maximum atomic E-state index is 11.8. The van der Waals surface area contributed by atoms with E-state index in [1.165, 1.54) is 0 Å². The second-order valence-electron chi connectivity index (χ2n) is 5.20. The van der Waals surface area contributed by atoms with Crippen LogP contribution in [0.15, 0.2) is 30.3 Å². The summed E-state index contributed by atoms with van der Waals surface area (Å²) in [5, 5.41) is 2.69. The van der Waals surface area contributed by atoms with Crippen molar-refractivity contribution < 1.29 is 13.2 Å². The Morgan fingerprint density at radius 1 is 1.30 bits per heavy atom. The maximum absolute atomic E-state index is 11.8. The predicted octanol–water partition coefficient (Wildman–Crippen LogP) is 1.59. The number of rotatable bonds is 7. The number of para-hydroxylation sites is 1. The van der Waals surface area contributed by atoms with Crippen LogP contribution in [0, 0.1) is 11.8 Å². The summed E-state index contributed by atoms with van der Waals surface area (Å²) in [6.45, 7) is 2.03. The minimum Gasteiger partial charge on any atom is -0.355 e. The van der Waals surface area contributed by atoms with Crippen molar-refractivity contribution in [1.29, 1.82) is 0 Å². The SMILES string of the molecule is CC(C(=O)NCCS(=O)(=O)Nc1ccccc1)C1CC1. The van der Waals surface area contributed by atoms with Gasteiger partial charge in [0.1, 0.15) is 0 Å². The lowest BCUT2D eigenvalue weighted by Crippen LogP contribution is -2.35. The second kappa shape index (κ2) is 6.26. The minimum atomic E-state index is -3.43. The fourth-order valence-electron chi connectivity index (χ4n) is 2.02. The minimum absolute atomic E-state index is 0.0141. The van der Waals surface area contributed by atoms with E-state index < -0.39 is 10.0 Å². The molecular formula is C14H20N2O3S. The highest BCUT2D eigenvalue weighted by atomic mass is 32.2. The third-order valence-electron chi connectivity index (χ3n) is 3.46. The Morgan fingerprint density at radius 2 is 1.95 bits per heavy atom. The van der Waals surface area contributed by atoms with E-state index in [1.54, 1.807) is 24.3 Å².